The fraction of sp³-hybridized carbons (Fsp3) is 0.333. The normalized spacial score (nSPS) is 7.29. The van der Waals surface area contributed by atoms with Crippen molar-refractivity contribution in [1.29, 1.82) is 0 Å². The maximum atomic E-state index is 9.57. The SMILES string of the molecule is CC(O)COC(=O)O.[CH3-].[CH3-].[CH3-].[CH3-].[CH3-].[Sc]. The van der Waals surface area contributed by atoms with Crippen LogP contribution in [0, 0.1) is 37.1 Å². The zero-order valence-electron chi connectivity index (χ0n) is 10.1. The number of aliphatic hydroxyl groups is 1. The summed E-state index contributed by atoms with van der Waals surface area (Å²) in [6.45, 7) is 1.29. The summed E-state index contributed by atoms with van der Waals surface area (Å²) in [5.41, 5.74) is 0. The predicted octanol–water partition coefficient (Wildman–Crippen LogP) is 2.31. The average molecular weight is 240 g/mol. The molecule has 14 heavy (non-hydrogen) atoms. The first kappa shape index (κ1) is 48.0. The molecule has 0 amide bonds. The Labute approximate surface area is 108 Å². The summed E-state index contributed by atoms with van der Waals surface area (Å²) >= 11 is 0. The molecule has 91 valence electrons. The number of hydrogen-bond donors (Lipinski definition) is 2. The van der Waals surface area contributed by atoms with E-state index in [1.807, 2.05) is 0 Å². The Balaban J connectivity index is -0.0000000163. The summed E-state index contributed by atoms with van der Waals surface area (Å²) in [6.07, 6.45) is -2.07. The second-order valence-corrected chi connectivity index (χ2v) is 1.43. The quantitative estimate of drug-likeness (QED) is 0.574. The third kappa shape index (κ3) is 57.3. The Kier molecular flexibility index (Phi) is 100. The molecule has 0 heterocycles. The summed E-state index contributed by atoms with van der Waals surface area (Å²) in [6, 6.07) is 0. The molecule has 0 saturated carbocycles. The number of ether oxygens (including phenoxy) is 1. The third-order valence-corrected chi connectivity index (χ3v) is 0.448. The molecule has 5 heteroatoms. The van der Waals surface area contributed by atoms with E-state index in [0.717, 1.165) is 0 Å². The maximum absolute atomic E-state index is 9.57. The fourth-order valence-electron chi connectivity index (χ4n) is 0.192. The molecule has 0 aromatic carbocycles. The van der Waals surface area contributed by atoms with Crippen LogP contribution in [0.5, 0.6) is 0 Å². The molecule has 4 nitrogen and oxygen atoms in total. The minimum absolute atomic E-state index is 0. The van der Waals surface area contributed by atoms with Crippen molar-refractivity contribution in [3.63, 3.8) is 0 Å². The second kappa shape index (κ2) is 29.2. The molecule has 0 fully saturated rings. The van der Waals surface area contributed by atoms with Crippen LogP contribution in [0.3, 0.4) is 0 Å². The van der Waals surface area contributed by atoms with Gasteiger partial charge in [-0.05, 0) is 6.92 Å². The number of aliphatic hydroxyl groups excluding tert-OH is 1. The summed E-state index contributed by atoms with van der Waals surface area (Å²) < 4.78 is 3.97. The maximum Gasteiger partial charge on any atom is 0.505 e. The van der Waals surface area contributed by atoms with E-state index in [4.69, 9.17) is 10.2 Å². The van der Waals surface area contributed by atoms with Crippen LogP contribution in [0.25, 0.3) is 0 Å². The van der Waals surface area contributed by atoms with Gasteiger partial charge in [0.2, 0.25) is 0 Å². The fourth-order valence-corrected chi connectivity index (χ4v) is 0.192. The zero-order valence-corrected chi connectivity index (χ0v) is 11.9. The molecule has 0 aliphatic heterocycles. The van der Waals surface area contributed by atoms with Gasteiger partial charge in [0.15, 0.2) is 0 Å². The molecule has 0 aromatic rings. The van der Waals surface area contributed by atoms with Gasteiger partial charge in [-0.2, -0.15) is 0 Å². The Bertz CT molecular complexity index is 86.9. The van der Waals surface area contributed by atoms with Crippen LogP contribution in [0.4, 0.5) is 4.79 Å². The smallest absolute Gasteiger partial charge is 0.450 e. The molecule has 1 atom stereocenters. The Hall–Kier alpha value is 0.100. The molecule has 0 aliphatic rings. The first-order chi connectivity index (χ1) is 3.63. The van der Waals surface area contributed by atoms with Gasteiger partial charge in [0, 0.05) is 25.8 Å². The zero-order chi connectivity index (χ0) is 6.57. The topological polar surface area (TPSA) is 66.8 Å². The summed E-state index contributed by atoms with van der Waals surface area (Å²) in [5.74, 6) is 0. The van der Waals surface area contributed by atoms with Gasteiger partial charge in [-0.15, -0.1) is 0 Å². The van der Waals surface area contributed by atoms with Crippen LogP contribution >= 0.6 is 0 Å². The van der Waals surface area contributed by atoms with E-state index in [9.17, 15) is 4.79 Å². The number of carbonyl (C=O) groups is 1. The summed E-state index contributed by atoms with van der Waals surface area (Å²) in [7, 11) is 0. The van der Waals surface area contributed by atoms with Crippen molar-refractivity contribution in [3.8, 4) is 0 Å². The van der Waals surface area contributed by atoms with Crippen LogP contribution in [-0.4, -0.2) is 29.1 Å². The number of hydrogen-bond acceptors (Lipinski definition) is 3. The molecular formula is C9H23O4Sc-5. The Morgan fingerprint density at radius 1 is 1.21 bits per heavy atom. The summed E-state index contributed by atoms with van der Waals surface area (Å²) in [5, 5.41) is 16.2. The van der Waals surface area contributed by atoms with E-state index in [-0.39, 0.29) is 69.6 Å². The minimum atomic E-state index is -1.36. The van der Waals surface area contributed by atoms with Gasteiger partial charge < -0.3 is 52.1 Å². The predicted molar refractivity (Wildman–Crippen MR) is 57.7 cm³/mol. The molecule has 2 N–H and O–H groups in total. The van der Waals surface area contributed by atoms with Crippen LogP contribution in [-0.2, 0) is 30.6 Å². The first-order valence-corrected chi connectivity index (χ1v) is 2.16. The number of carboxylic acid groups (broad SMARTS) is 1. The average Bonchev–Trinajstić information content (AvgIpc) is 1.61. The molecule has 0 bridgehead atoms. The van der Waals surface area contributed by atoms with Crippen molar-refractivity contribution in [2.45, 2.75) is 13.0 Å². The molecule has 1 radical (unpaired) electrons. The van der Waals surface area contributed by atoms with E-state index >= 15 is 0 Å². The van der Waals surface area contributed by atoms with Crippen molar-refractivity contribution in [3.05, 3.63) is 37.1 Å². The van der Waals surface area contributed by atoms with Crippen molar-refractivity contribution >= 4 is 6.16 Å². The third-order valence-electron chi connectivity index (χ3n) is 0.448. The van der Waals surface area contributed by atoms with E-state index in [2.05, 4.69) is 4.74 Å². The van der Waals surface area contributed by atoms with Crippen molar-refractivity contribution in [2.24, 2.45) is 0 Å². The van der Waals surface area contributed by atoms with E-state index in [1.165, 1.54) is 6.92 Å². The molecule has 0 aliphatic carbocycles. The second-order valence-electron chi connectivity index (χ2n) is 1.43. The first-order valence-electron chi connectivity index (χ1n) is 2.16. The van der Waals surface area contributed by atoms with Gasteiger partial charge >= 0.3 is 6.16 Å². The molecule has 0 rings (SSSR count). The largest absolute Gasteiger partial charge is 0.505 e. The van der Waals surface area contributed by atoms with Crippen molar-refractivity contribution in [2.75, 3.05) is 6.61 Å². The van der Waals surface area contributed by atoms with Gasteiger partial charge in [0.1, 0.15) is 6.61 Å². The van der Waals surface area contributed by atoms with Gasteiger partial charge in [-0.3, -0.25) is 0 Å². The summed E-state index contributed by atoms with van der Waals surface area (Å²) in [4.78, 5) is 9.57. The van der Waals surface area contributed by atoms with E-state index < -0.39 is 12.3 Å². The molecule has 0 saturated heterocycles. The van der Waals surface area contributed by atoms with Crippen LogP contribution in [0.1, 0.15) is 6.92 Å². The van der Waals surface area contributed by atoms with E-state index in [0.29, 0.717) is 0 Å². The molecule has 0 spiro atoms. The van der Waals surface area contributed by atoms with Gasteiger partial charge in [0.05, 0.1) is 6.10 Å². The minimum Gasteiger partial charge on any atom is -0.450 e. The van der Waals surface area contributed by atoms with E-state index in [1.54, 1.807) is 0 Å². The van der Waals surface area contributed by atoms with Gasteiger partial charge in [0.25, 0.3) is 0 Å². The molecule has 1 unspecified atom stereocenters. The van der Waals surface area contributed by atoms with Crippen LogP contribution in [0.15, 0.2) is 0 Å². The van der Waals surface area contributed by atoms with Crippen molar-refractivity contribution in [1.82, 2.24) is 0 Å². The van der Waals surface area contributed by atoms with Gasteiger partial charge in [-0.25, -0.2) is 4.79 Å². The van der Waals surface area contributed by atoms with Crippen LogP contribution in [0.2, 0.25) is 0 Å². The molecular weight excluding hydrogens is 217 g/mol. The Morgan fingerprint density at radius 3 is 1.57 bits per heavy atom. The Morgan fingerprint density at radius 2 is 1.50 bits per heavy atom. The standard InChI is InChI=1S/C4H8O4.5CH3.Sc/c1-3(5)2-8-4(6)7;;;;;;/h3,5H,2H2,1H3,(H,6,7);5*1H3;/q;5*-1;. The van der Waals surface area contributed by atoms with Crippen molar-refractivity contribution < 1.29 is 45.6 Å². The number of rotatable bonds is 2. The van der Waals surface area contributed by atoms with Gasteiger partial charge in [-0.1, -0.05) is 0 Å². The molecule has 0 aromatic heterocycles. The van der Waals surface area contributed by atoms with Crippen LogP contribution < -0.4 is 0 Å². The monoisotopic (exact) mass is 240 g/mol.